The van der Waals surface area contributed by atoms with Gasteiger partial charge in [-0.2, -0.15) is 11.3 Å². The highest BCUT2D eigenvalue weighted by atomic mass is 32.1. The highest BCUT2D eigenvalue weighted by molar-refractivity contribution is 7.08. The van der Waals surface area contributed by atoms with Crippen LogP contribution in [0.1, 0.15) is 52.7 Å². The summed E-state index contributed by atoms with van der Waals surface area (Å²) in [6.07, 6.45) is 6.78. The number of aromatic carboxylic acids is 1. The molecule has 1 aromatic carbocycles. The van der Waals surface area contributed by atoms with E-state index < -0.39 is 18.2 Å². The van der Waals surface area contributed by atoms with Gasteiger partial charge in [-0.15, -0.1) is 0 Å². The number of aliphatic hydroxyl groups is 2. The van der Waals surface area contributed by atoms with Gasteiger partial charge < -0.3 is 20.1 Å². The third kappa shape index (κ3) is 3.51. The van der Waals surface area contributed by atoms with Crippen LogP contribution in [-0.2, 0) is 11.8 Å². The van der Waals surface area contributed by atoms with Gasteiger partial charge in [0.15, 0.2) is 0 Å². The van der Waals surface area contributed by atoms with Gasteiger partial charge in [0.2, 0.25) is 0 Å². The van der Waals surface area contributed by atoms with Crippen molar-refractivity contribution in [1.82, 2.24) is 0 Å². The average molecular weight is 441 g/mol. The van der Waals surface area contributed by atoms with E-state index in [0.717, 1.165) is 31.2 Å². The molecule has 0 radical (unpaired) electrons. The molecule has 5 nitrogen and oxygen atoms in total. The predicted molar refractivity (Wildman–Crippen MR) is 119 cm³/mol. The number of carbonyl (C=O) groups is 1. The quantitative estimate of drug-likeness (QED) is 0.610. The van der Waals surface area contributed by atoms with Crippen LogP contribution in [0.15, 0.2) is 41.1 Å². The molecule has 3 N–H and O–H groups in total. The number of fused-ring (bicyclic) bond motifs is 2. The molecule has 1 aromatic heterocycles. The van der Waals surface area contributed by atoms with E-state index in [1.165, 1.54) is 5.56 Å². The summed E-state index contributed by atoms with van der Waals surface area (Å²) in [5, 5.41) is 35.3. The molecule has 164 valence electrons. The van der Waals surface area contributed by atoms with Crippen LogP contribution in [0, 0.1) is 18.8 Å². The van der Waals surface area contributed by atoms with Crippen LogP contribution in [0.3, 0.4) is 0 Å². The van der Waals surface area contributed by atoms with Crippen molar-refractivity contribution in [3.8, 4) is 5.75 Å². The Bertz CT molecular complexity index is 1010. The lowest BCUT2D eigenvalue weighted by atomic mass is 9.86. The predicted octanol–water partition coefficient (Wildman–Crippen LogP) is 4.09. The number of ether oxygens (including phenoxy) is 1. The van der Waals surface area contributed by atoms with Crippen LogP contribution < -0.4 is 4.74 Å². The van der Waals surface area contributed by atoms with Gasteiger partial charge in [0, 0.05) is 29.2 Å². The Morgan fingerprint density at radius 2 is 2.13 bits per heavy atom. The second-order valence-electron chi connectivity index (χ2n) is 9.27. The molecular weight excluding hydrogens is 412 g/mol. The lowest BCUT2D eigenvalue weighted by Crippen LogP contribution is -2.26. The van der Waals surface area contributed by atoms with Crippen LogP contribution in [-0.4, -0.2) is 39.6 Å². The molecular formula is C25H28O5S. The molecule has 2 aliphatic carbocycles. The zero-order valence-corrected chi connectivity index (χ0v) is 18.3. The number of hydrogen-bond acceptors (Lipinski definition) is 5. The molecule has 1 unspecified atom stereocenters. The molecule has 0 amide bonds. The van der Waals surface area contributed by atoms with Crippen LogP contribution in [0.25, 0.3) is 0 Å². The Balaban J connectivity index is 1.36. The number of benzene rings is 1. The first-order chi connectivity index (χ1) is 14.9. The highest BCUT2D eigenvalue weighted by Crippen LogP contribution is 2.52. The first-order valence-corrected chi connectivity index (χ1v) is 11.9. The Hall–Kier alpha value is -2.15. The van der Waals surface area contributed by atoms with Crippen molar-refractivity contribution >= 4 is 17.3 Å². The monoisotopic (exact) mass is 440 g/mol. The van der Waals surface area contributed by atoms with Gasteiger partial charge >= 0.3 is 5.97 Å². The first kappa shape index (κ1) is 20.7. The summed E-state index contributed by atoms with van der Waals surface area (Å²) < 4.78 is 6.33. The lowest BCUT2D eigenvalue weighted by Gasteiger charge is -2.23. The Kier molecular flexibility index (Phi) is 5.19. The zero-order valence-electron chi connectivity index (χ0n) is 17.5. The lowest BCUT2D eigenvalue weighted by molar-refractivity contribution is 0.0694. The number of rotatable bonds is 5. The Morgan fingerprint density at radius 3 is 2.81 bits per heavy atom. The van der Waals surface area contributed by atoms with Crippen molar-refractivity contribution in [1.29, 1.82) is 0 Å². The summed E-state index contributed by atoms with van der Waals surface area (Å²) in [4.78, 5) is 11.5. The van der Waals surface area contributed by atoms with Gasteiger partial charge in [0.1, 0.15) is 11.9 Å². The van der Waals surface area contributed by atoms with Crippen molar-refractivity contribution in [2.45, 2.75) is 62.8 Å². The maximum Gasteiger partial charge on any atom is 0.336 e. The molecule has 2 heterocycles. The number of hydrogen-bond donors (Lipinski definition) is 3. The van der Waals surface area contributed by atoms with Crippen molar-refractivity contribution < 1.29 is 24.9 Å². The van der Waals surface area contributed by atoms with Crippen LogP contribution >= 0.6 is 11.3 Å². The van der Waals surface area contributed by atoms with E-state index in [2.05, 4.69) is 16.8 Å². The van der Waals surface area contributed by atoms with Gasteiger partial charge in [-0.3, -0.25) is 0 Å². The molecule has 5 atom stereocenters. The molecule has 2 aromatic rings. The first-order valence-electron chi connectivity index (χ1n) is 11.0. The summed E-state index contributed by atoms with van der Waals surface area (Å²) in [5.74, 6) is -0.231. The van der Waals surface area contributed by atoms with E-state index in [4.69, 9.17) is 4.74 Å². The largest absolute Gasteiger partial charge is 0.489 e. The van der Waals surface area contributed by atoms with Gasteiger partial charge in [-0.05, 0) is 66.6 Å². The number of carboxylic acid groups (broad SMARTS) is 1. The molecule has 1 aliphatic heterocycles. The molecule has 5 rings (SSSR count). The fraction of sp³-hybridized carbons (Fsp3) is 0.480. The number of aliphatic hydroxyl groups excluding tert-OH is 2. The zero-order chi connectivity index (χ0) is 21.8. The SMILES string of the molecule is Cc1c(C(=O)O)ccc2c1O[C@H]1C[C@@H](O)[C@H](/C=C/C(O)C3(c4ccsc4)CC3)[C@H]1CC2. The average Bonchev–Trinajstić information content (AvgIpc) is 3.31. The highest BCUT2D eigenvalue weighted by Gasteiger charge is 2.50. The van der Waals surface area contributed by atoms with Crippen molar-refractivity contribution in [3.63, 3.8) is 0 Å². The number of thiophene rings is 1. The van der Waals surface area contributed by atoms with E-state index in [1.54, 1.807) is 24.3 Å². The molecule has 0 saturated heterocycles. The summed E-state index contributed by atoms with van der Waals surface area (Å²) in [6, 6.07) is 5.61. The summed E-state index contributed by atoms with van der Waals surface area (Å²) >= 11 is 1.65. The summed E-state index contributed by atoms with van der Waals surface area (Å²) in [5.41, 5.74) is 2.99. The van der Waals surface area contributed by atoms with Crippen molar-refractivity contribution in [2.75, 3.05) is 0 Å². The van der Waals surface area contributed by atoms with E-state index >= 15 is 0 Å². The van der Waals surface area contributed by atoms with Crippen LogP contribution in [0.2, 0.25) is 0 Å². The van der Waals surface area contributed by atoms with Gasteiger partial charge in [-0.1, -0.05) is 18.2 Å². The van der Waals surface area contributed by atoms with Gasteiger partial charge in [-0.25, -0.2) is 4.79 Å². The minimum absolute atomic E-state index is 0.0773. The molecule has 0 spiro atoms. The molecule has 31 heavy (non-hydrogen) atoms. The third-order valence-corrected chi connectivity index (χ3v) is 8.27. The van der Waals surface area contributed by atoms with Gasteiger partial charge in [0.25, 0.3) is 0 Å². The molecule has 3 aliphatic rings. The van der Waals surface area contributed by atoms with Crippen LogP contribution in [0.5, 0.6) is 5.75 Å². The minimum Gasteiger partial charge on any atom is -0.489 e. The second-order valence-corrected chi connectivity index (χ2v) is 10.0. The molecule has 2 fully saturated rings. The molecule has 0 bridgehead atoms. The van der Waals surface area contributed by atoms with Crippen LogP contribution in [0.4, 0.5) is 0 Å². The fourth-order valence-corrected chi connectivity index (χ4v) is 6.32. The van der Waals surface area contributed by atoms with E-state index in [-0.39, 0.29) is 28.9 Å². The topological polar surface area (TPSA) is 87.0 Å². The maximum absolute atomic E-state index is 11.5. The minimum atomic E-state index is -0.953. The van der Waals surface area contributed by atoms with Crippen molar-refractivity contribution in [2.24, 2.45) is 11.8 Å². The number of aryl methyl sites for hydroxylation is 1. The standard InChI is InChI=1S/C25H28O5S/c1-14-17(24(28)29)4-2-15-3-5-19-18(20(26)12-21(19)30-23(14)15)6-7-22(27)25(9-10-25)16-8-11-31-13-16/h2,4,6-8,11,13,18-22,26-27H,3,5,9-10,12H2,1H3,(H,28,29)/b7-6+/t18-,19-,20-,21+,22?/m1/s1. The second kappa shape index (κ2) is 7.76. The summed E-state index contributed by atoms with van der Waals surface area (Å²) in [6.45, 7) is 1.79. The third-order valence-electron chi connectivity index (χ3n) is 7.59. The molecule has 6 heteroatoms. The summed E-state index contributed by atoms with van der Waals surface area (Å²) in [7, 11) is 0. The smallest absolute Gasteiger partial charge is 0.336 e. The Labute approximate surface area is 186 Å². The van der Waals surface area contributed by atoms with E-state index in [1.807, 2.05) is 18.2 Å². The Morgan fingerprint density at radius 1 is 1.32 bits per heavy atom. The van der Waals surface area contributed by atoms with Crippen molar-refractivity contribution in [3.05, 3.63) is 63.4 Å². The normalized spacial score (nSPS) is 29.6. The van der Waals surface area contributed by atoms with E-state index in [9.17, 15) is 20.1 Å². The number of carboxylic acids is 1. The van der Waals surface area contributed by atoms with E-state index in [0.29, 0.717) is 17.7 Å². The van der Waals surface area contributed by atoms with Gasteiger partial charge in [0.05, 0.1) is 17.8 Å². The molecule has 2 saturated carbocycles. The fourth-order valence-electron chi connectivity index (χ4n) is 5.56. The maximum atomic E-state index is 11.5.